The van der Waals surface area contributed by atoms with Crippen LogP contribution in [0.5, 0.6) is 5.75 Å². The average Bonchev–Trinajstić information content (AvgIpc) is 3.08. The lowest BCUT2D eigenvalue weighted by atomic mass is 10.1. The molecule has 0 unspecified atom stereocenters. The molecule has 0 saturated carbocycles. The van der Waals surface area contributed by atoms with Crippen molar-refractivity contribution < 1.29 is 13.9 Å². The molecule has 2 aromatic rings. The Morgan fingerprint density at radius 1 is 1.35 bits per heavy atom. The Balaban J connectivity index is 1.40. The summed E-state index contributed by atoms with van der Waals surface area (Å²) in [5.74, 6) is 0.813. The van der Waals surface area contributed by atoms with Crippen molar-refractivity contribution in [3.8, 4) is 16.9 Å². The van der Waals surface area contributed by atoms with Gasteiger partial charge in [0.1, 0.15) is 11.9 Å². The maximum absolute atomic E-state index is 13.1. The number of hydrogen-bond donors (Lipinski definition) is 1. The predicted octanol–water partition coefficient (Wildman–Crippen LogP) is 2.36. The Morgan fingerprint density at radius 2 is 2.15 bits per heavy atom. The normalized spacial score (nSPS) is 15.9. The number of carbonyl (C=O) groups excluding carboxylic acids is 1. The van der Waals surface area contributed by atoms with Crippen LogP contribution in [-0.4, -0.2) is 53.0 Å². The first-order valence-corrected chi connectivity index (χ1v) is 8.96. The summed E-state index contributed by atoms with van der Waals surface area (Å²) in [7, 11) is 1.88. The third-order valence-corrected chi connectivity index (χ3v) is 4.45. The van der Waals surface area contributed by atoms with E-state index in [9.17, 15) is 9.18 Å². The molecule has 1 aliphatic rings. The van der Waals surface area contributed by atoms with Crippen LogP contribution in [0.15, 0.2) is 36.7 Å². The highest BCUT2D eigenvalue weighted by Crippen LogP contribution is 2.23. The first-order chi connectivity index (χ1) is 12.6. The predicted molar refractivity (Wildman–Crippen MR) is 97.5 cm³/mol. The smallest absolute Gasteiger partial charge is 0.151 e. The molecular weight excluding hydrogens is 335 g/mol. The van der Waals surface area contributed by atoms with Crippen molar-refractivity contribution in [2.75, 3.05) is 26.2 Å². The number of nitrogens with one attached hydrogen (secondary N) is 1. The summed E-state index contributed by atoms with van der Waals surface area (Å²) in [5.41, 5.74) is 5.13. The Kier molecular flexibility index (Phi) is 6.35. The maximum atomic E-state index is 13.1. The van der Waals surface area contributed by atoms with Gasteiger partial charge in [-0.2, -0.15) is 5.10 Å². The second kappa shape index (κ2) is 8.91. The fraction of sp³-hybridized carbons (Fsp3) is 0.474. The molecule has 0 radical (unpaired) electrons. The van der Waals surface area contributed by atoms with Crippen molar-refractivity contribution in [1.82, 2.24) is 20.2 Å². The molecule has 0 atom stereocenters. The number of alkyl halides is 1. The first kappa shape index (κ1) is 18.5. The summed E-state index contributed by atoms with van der Waals surface area (Å²) in [6, 6.07) is 7.75. The second-order valence-electron chi connectivity index (χ2n) is 6.56. The Hall–Kier alpha value is -2.25. The van der Waals surface area contributed by atoms with Crippen molar-refractivity contribution in [2.45, 2.75) is 25.4 Å². The van der Waals surface area contributed by atoms with Crippen LogP contribution in [0.1, 0.15) is 19.3 Å². The fourth-order valence-electron chi connectivity index (χ4n) is 2.91. The van der Waals surface area contributed by atoms with Crippen molar-refractivity contribution >= 4 is 5.78 Å². The molecular formula is C19H25FN4O2. The van der Waals surface area contributed by atoms with E-state index in [0.717, 1.165) is 16.9 Å². The second-order valence-corrected chi connectivity index (χ2v) is 6.56. The van der Waals surface area contributed by atoms with Crippen molar-refractivity contribution in [3.05, 3.63) is 36.7 Å². The minimum atomic E-state index is -0.709. The number of ether oxygens (including phenoxy) is 1. The molecule has 1 N–H and O–H groups in total. The SMILES string of the molecule is Cn1cc(-c2cccc(OCCC(=O)CNN3CCC(F)CC3)c2)cn1. The van der Waals surface area contributed by atoms with Crippen LogP contribution >= 0.6 is 0 Å². The minimum Gasteiger partial charge on any atom is -0.493 e. The Morgan fingerprint density at radius 3 is 2.88 bits per heavy atom. The standard InChI is InChI=1S/C19H25FN4O2/c1-23-14-16(12-21-23)15-3-2-4-19(11-15)26-10-7-18(25)13-22-24-8-5-17(20)6-9-24/h2-4,11-12,14,17,22H,5-10,13H2,1H3. The van der Waals surface area contributed by atoms with Crippen molar-refractivity contribution in [1.29, 1.82) is 0 Å². The molecule has 6 nitrogen and oxygen atoms in total. The van der Waals surface area contributed by atoms with E-state index in [-0.39, 0.29) is 12.3 Å². The molecule has 0 amide bonds. The van der Waals surface area contributed by atoms with Crippen molar-refractivity contribution in [2.24, 2.45) is 7.05 Å². The van der Waals surface area contributed by atoms with Crippen LogP contribution < -0.4 is 10.2 Å². The summed E-state index contributed by atoms with van der Waals surface area (Å²) in [6.45, 7) is 1.89. The van der Waals surface area contributed by atoms with Crippen LogP contribution in [0.2, 0.25) is 0 Å². The van der Waals surface area contributed by atoms with Gasteiger partial charge in [-0.05, 0) is 30.5 Å². The number of aryl methyl sites for hydroxylation is 1. The van der Waals surface area contributed by atoms with Crippen LogP contribution in [0.25, 0.3) is 11.1 Å². The third-order valence-electron chi connectivity index (χ3n) is 4.45. The van der Waals surface area contributed by atoms with E-state index >= 15 is 0 Å². The molecule has 0 spiro atoms. The third kappa shape index (κ3) is 5.37. The number of Topliss-reactive ketones (excluding diaryl/α,β-unsaturated/α-hetero) is 1. The van der Waals surface area contributed by atoms with Crippen LogP contribution in [0.4, 0.5) is 4.39 Å². The summed E-state index contributed by atoms with van der Waals surface area (Å²) in [6.07, 6.45) is 4.43. The number of nitrogens with zero attached hydrogens (tertiary/aromatic N) is 3. The zero-order valence-electron chi connectivity index (χ0n) is 15.0. The Labute approximate surface area is 152 Å². The number of piperidine rings is 1. The highest BCUT2D eigenvalue weighted by Gasteiger charge is 2.18. The van der Waals surface area contributed by atoms with Gasteiger partial charge >= 0.3 is 0 Å². The van der Waals surface area contributed by atoms with Gasteiger partial charge in [0.05, 0.1) is 19.3 Å². The lowest BCUT2D eigenvalue weighted by molar-refractivity contribution is -0.119. The number of halogens is 1. The molecule has 7 heteroatoms. The molecule has 0 bridgehead atoms. The number of carbonyl (C=O) groups is 1. The van der Waals surface area contributed by atoms with E-state index in [1.54, 1.807) is 10.9 Å². The molecule has 3 rings (SSSR count). The molecule has 2 heterocycles. The minimum absolute atomic E-state index is 0.0794. The topological polar surface area (TPSA) is 59.4 Å². The van der Waals surface area contributed by atoms with Crippen LogP contribution in [-0.2, 0) is 11.8 Å². The largest absolute Gasteiger partial charge is 0.493 e. The van der Waals surface area contributed by atoms with Gasteiger partial charge in [-0.1, -0.05) is 12.1 Å². The van der Waals surface area contributed by atoms with Crippen LogP contribution in [0.3, 0.4) is 0 Å². The van der Waals surface area contributed by atoms with Gasteiger partial charge in [-0.25, -0.2) is 14.8 Å². The van der Waals surface area contributed by atoms with E-state index in [1.807, 2.05) is 42.5 Å². The molecule has 26 heavy (non-hydrogen) atoms. The van der Waals surface area contributed by atoms with E-state index in [1.165, 1.54) is 0 Å². The average molecular weight is 360 g/mol. The molecule has 140 valence electrons. The van der Waals surface area contributed by atoms with Gasteiger partial charge in [-0.3, -0.25) is 9.48 Å². The number of hydrazine groups is 1. The highest BCUT2D eigenvalue weighted by molar-refractivity contribution is 5.80. The van der Waals surface area contributed by atoms with E-state index in [4.69, 9.17) is 4.74 Å². The monoisotopic (exact) mass is 360 g/mol. The molecule has 1 aromatic heterocycles. The number of hydrogen-bond acceptors (Lipinski definition) is 5. The van der Waals surface area contributed by atoms with Gasteiger partial charge in [0.25, 0.3) is 0 Å². The molecule has 1 saturated heterocycles. The van der Waals surface area contributed by atoms with E-state index in [0.29, 0.717) is 39.0 Å². The summed E-state index contributed by atoms with van der Waals surface area (Å²) in [5, 5.41) is 6.09. The van der Waals surface area contributed by atoms with Gasteiger partial charge in [0, 0.05) is 38.3 Å². The van der Waals surface area contributed by atoms with Gasteiger partial charge in [0.15, 0.2) is 5.78 Å². The summed E-state index contributed by atoms with van der Waals surface area (Å²) in [4.78, 5) is 12.0. The Bertz CT molecular complexity index is 726. The first-order valence-electron chi connectivity index (χ1n) is 8.96. The van der Waals surface area contributed by atoms with E-state index < -0.39 is 6.17 Å². The number of rotatable bonds is 8. The number of ketones is 1. The highest BCUT2D eigenvalue weighted by atomic mass is 19.1. The van der Waals surface area contributed by atoms with Gasteiger partial charge in [0.2, 0.25) is 0 Å². The lowest BCUT2D eigenvalue weighted by Gasteiger charge is -2.28. The molecule has 1 aromatic carbocycles. The molecule has 0 aliphatic carbocycles. The summed E-state index contributed by atoms with van der Waals surface area (Å²) >= 11 is 0. The molecule has 1 fully saturated rings. The number of aromatic nitrogens is 2. The summed E-state index contributed by atoms with van der Waals surface area (Å²) < 4.78 is 20.5. The quantitative estimate of drug-likeness (QED) is 0.783. The van der Waals surface area contributed by atoms with Crippen LogP contribution in [0, 0.1) is 0 Å². The zero-order valence-corrected chi connectivity index (χ0v) is 15.0. The lowest BCUT2D eigenvalue weighted by Crippen LogP contribution is -2.46. The van der Waals surface area contributed by atoms with Gasteiger partial charge in [-0.15, -0.1) is 0 Å². The van der Waals surface area contributed by atoms with Crippen molar-refractivity contribution in [3.63, 3.8) is 0 Å². The fourth-order valence-corrected chi connectivity index (χ4v) is 2.91. The van der Waals surface area contributed by atoms with Gasteiger partial charge < -0.3 is 4.74 Å². The maximum Gasteiger partial charge on any atom is 0.151 e. The molecule has 1 aliphatic heterocycles. The number of benzene rings is 1. The zero-order chi connectivity index (χ0) is 18.4. The van der Waals surface area contributed by atoms with E-state index in [2.05, 4.69) is 10.5 Å².